The van der Waals surface area contributed by atoms with Crippen LogP contribution < -0.4 is 5.32 Å². The van der Waals surface area contributed by atoms with Crippen LogP contribution in [0.5, 0.6) is 0 Å². The first kappa shape index (κ1) is 23.1. The molecule has 1 amide bonds. The standard InChI is InChI=1S/C29H24ClN3OS/c30-24-14-7-8-15-26(24)33-27(20-25(32-33)28-16-9-19-35-28)29(34)31-18-17-23(21-10-3-1-4-11-21)22-12-5-2-6-13-22/h1-16,19-20,23H,17-18H2,(H,31,34). The first-order chi connectivity index (χ1) is 17.2. The summed E-state index contributed by atoms with van der Waals surface area (Å²) in [5.74, 6) is 0.00737. The average Bonchev–Trinajstić information content (AvgIpc) is 3.58. The van der Waals surface area contributed by atoms with Gasteiger partial charge >= 0.3 is 0 Å². The van der Waals surface area contributed by atoms with Crippen molar-refractivity contribution in [3.05, 3.63) is 130 Å². The van der Waals surface area contributed by atoms with Crippen molar-refractivity contribution in [3.8, 4) is 16.3 Å². The number of rotatable bonds is 8. The predicted octanol–water partition coefficient (Wildman–Crippen LogP) is 7.21. The molecule has 0 saturated heterocycles. The maximum atomic E-state index is 13.4. The highest BCUT2D eigenvalue weighted by molar-refractivity contribution is 7.13. The third-order valence-corrected chi connectivity index (χ3v) is 7.13. The van der Waals surface area contributed by atoms with Crippen molar-refractivity contribution in [1.82, 2.24) is 15.1 Å². The van der Waals surface area contributed by atoms with Crippen molar-refractivity contribution in [2.75, 3.05) is 6.54 Å². The highest BCUT2D eigenvalue weighted by Gasteiger charge is 2.20. The van der Waals surface area contributed by atoms with E-state index in [2.05, 4.69) is 53.8 Å². The van der Waals surface area contributed by atoms with Gasteiger partial charge in [-0.1, -0.05) is 90.5 Å². The molecule has 0 spiro atoms. The quantitative estimate of drug-likeness (QED) is 0.246. The molecule has 0 radical (unpaired) electrons. The van der Waals surface area contributed by atoms with Crippen LogP contribution in [0.4, 0.5) is 0 Å². The Labute approximate surface area is 213 Å². The summed E-state index contributed by atoms with van der Waals surface area (Å²) in [4.78, 5) is 14.4. The van der Waals surface area contributed by atoms with Crippen LogP contribution in [0.1, 0.15) is 34.0 Å². The van der Waals surface area contributed by atoms with Crippen molar-refractivity contribution >= 4 is 28.8 Å². The Hall–Kier alpha value is -3.67. The number of carbonyl (C=O) groups excluding carboxylic acids is 1. The molecule has 0 fully saturated rings. The largest absolute Gasteiger partial charge is 0.351 e. The number of nitrogens with one attached hydrogen (secondary N) is 1. The van der Waals surface area contributed by atoms with Gasteiger partial charge in [0.1, 0.15) is 11.4 Å². The number of amides is 1. The second-order valence-corrected chi connectivity index (χ2v) is 9.53. The second-order valence-electron chi connectivity index (χ2n) is 8.17. The number of thiophene rings is 1. The van der Waals surface area contributed by atoms with E-state index in [4.69, 9.17) is 16.7 Å². The zero-order chi connectivity index (χ0) is 24.0. The summed E-state index contributed by atoms with van der Waals surface area (Å²) in [6.45, 7) is 0.523. The van der Waals surface area contributed by atoms with Gasteiger partial charge in [0.05, 0.1) is 15.6 Å². The molecular formula is C29H24ClN3OS. The molecule has 3 aromatic carbocycles. The zero-order valence-electron chi connectivity index (χ0n) is 19.0. The summed E-state index contributed by atoms with van der Waals surface area (Å²) in [6, 6.07) is 34.0. The predicted molar refractivity (Wildman–Crippen MR) is 144 cm³/mol. The lowest BCUT2D eigenvalue weighted by Gasteiger charge is -2.18. The number of aromatic nitrogens is 2. The van der Waals surface area contributed by atoms with Gasteiger partial charge in [0, 0.05) is 12.5 Å². The van der Waals surface area contributed by atoms with Crippen LogP contribution in [0.2, 0.25) is 5.02 Å². The minimum absolute atomic E-state index is 0.180. The van der Waals surface area contributed by atoms with Crippen LogP contribution in [0.25, 0.3) is 16.3 Å². The molecule has 5 rings (SSSR count). The van der Waals surface area contributed by atoms with E-state index in [-0.39, 0.29) is 11.8 Å². The van der Waals surface area contributed by atoms with Gasteiger partial charge in [0.25, 0.3) is 5.91 Å². The molecule has 2 heterocycles. The molecule has 2 aromatic heterocycles. The van der Waals surface area contributed by atoms with Crippen LogP contribution in [0.3, 0.4) is 0 Å². The monoisotopic (exact) mass is 497 g/mol. The Kier molecular flexibility index (Phi) is 7.07. The van der Waals surface area contributed by atoms with Gasteiger partial charge in [-0.2, -0.15) is 5.10 Å². The third kappa shape index (κ3) is 5.21. The van der Waals surface area contributed by atoms with E-state index in [0.29, 0.717) is 22.9 Å². The normalized spacial score (nSPS) is 11.0. The van der Waals surface area contributed by atoms with Gasteiger partial charge in [-0.25, -0.2) is 4.68 Å². The van der Waals surface area contributed by atoms with E-state index in [1.165, 1.54) is 11.1 Å². The fourth-order valence-corrected chi connectivity index (χ4v) is 5.11. The van der Waals surface area contributed by atoms with Gasteiger partial charge in [0.2, 0.25) is 0 Å². The second kappa shape index (κ2) is 10.7. The molecule has 0 aliphatic rings. The zero-order valence-corrected chi connectivity index (χ0v) is 20.5. The van der Waals surface area contributed by atoms with Crippen LogP contribution in [-0.4, -0.2) is 22.2 Å². The molecule has 174 valence electrons. The van der Waals surface area contributed by atoms with E-state index >= 15 is 0 Å². The molecule has 6 heteroatoms. The minimum Gasteiger partial charge on any atom is -0.351 e. The van der Waals surface area contributed by atoms with E-state index < -0.39 is 0 Å². The van der Waals surface area contributed by atoms with E-state index in [1.807, 2.05) is 53.9 Å². The summed E-state index contributed by atoms with van der Waals surface area (Å²) in [6.07, 6.45) is 0.776. The Morgan fingerprint density at radius 1 is 0.886 bits per heavy atom. The lowest BCUT2D eigenvalue weighted by atomic mass is 9.88. The third-order valence-electron chi connectivity index (χ3n) is 5.92. The highest BCUT2D eigenvalue weighted by atomic mass is 35.5. The SMILES string of the molecule is O=C(NCCC(c1ccccc1)c1ccccc1)c1cc(-c2cccs2)nn1-c1ccccc1Cl. The number of nitrogens with zero attached hydrogens (tertiary/aromatic N) is 2. The van der Waals surface area contributed by atoms with Crippen molar-refractivity contribution in [3.63, 3.8) is 0 Å². The van der Waals surface area contributed by atoms with Gasteiger partial charge in [-0.3, -0.25) is 4.79 Å². The molecule has 0 atom stereocenters. The number of halogens is 1. The summed E-state index contributed by atoms with van der Waals surface area (Å²) in [5, 5.41) is 10.4. The fourth-order valence-electron chi connectivity index (χ4n) is 4.21. The Morgan fingerprint density at radius 3 is 2.17 bits per heavy atom. The maximum Gasteiger partial charge on any atom is 0.270 e. The first-order valence-electron chi connectivity index (χ1n) is 11.5. The molecule has 35 heavy (non-hydrogen) atoms. The molecule has 0 saturated carbocycles. The highest BCUT2D eigenvalue weighted by Crippen LogP contribution is 2.29. The van der Waals surface area contributed by atoms with Crippen LogP contribution >= 0.6 is 22.9 Å². The van der Waals surface area contributed by atoms with Gasteiger partial charge < -0.3 is 5.32 Å². The van der Waals surface area contributed by atoms with Crippen molar-refractivity contribution in [2.24, 2.45) is 0 Å². The number of carbonyl (C=O) groups is 1. The van der Waals surface area contributed by atoms with Gasteiger partial charge in [-0.15, -0.1) is 11.3 Å². The Morgan fingerprint density at radius 2 is 1.54 bits per heavy atom. The van der Waals surface area contributed by atoms with Crippen LogP contribution in [0.15, 0.2) is 109 Å². The fraction of sp³-hybridized carbons (Fsp3) is 0.103. The maximum absolute atomic E-state index is 13.4. The van der Waals surface area contributed by atoms with Crippen molar-refractivity contribution < 1.29 is 4.79 Å². The van der Waals surface area contributed by atoms with Crippen molar-refractivity contribution in [2.45, 2.75) is 12.3 Å². The molecule has 0 unspecified atom stereocenters. The number of hydrogen-bond acceptors (Lipinski definition) is 3. The lowest BCUT2D eigenvalue weighted by Crippen LogP contribution is -2.28. The smallest absolute Gasteiger partial charge is 0.270 e. The Bertz CT molecular complexity index is 1360. The van der Waals surface area contributed by atoms with Gasteiger partial charge in [-0.05, 0) is 47.2 Å². The summed E-state index contributed by atoms with van der Waals surface area (Å²) < 4.78 is 1.64. The minimum atomic E-state index is -0.180. The van der Waals surface area contributed by atoms with Gasteiger partial charge in [0.15, 0.2) is 0 Å². The number of benzene rings is 3. The summed E-state index contributed by atoms with van der Waals surface area (Å²) in [7, 11) is 0. The number of hydrogen-bond donors (Lipinski definition) is 1. The topological polar surface area (TPSA) is 46.9 Å². The molecule has 5 aromatic rings. The van der Waals surface area contributed by atoms with Crippen LogP contribution in [-0.2, 0) is 0 Å². The van der Waals surface area contributed by atoms with E-state index in [9.17, 15) is 4.79 Å². The average molecular weight is 498 g/mol. The van der Waals surface area contributed by atoms with Crippen LogP contribution in [0, 0.1) is 0 Å². The molecular weight excluding hydrogens is 474 g/mol. The Balaban J connectivity index is 1.39. The van der Waals surface area contributed by atoms with Crippen molar-refractivity contribution in [1.29, 1.82) is 0 Å². The molecule has 0 aliphatic heterocycles. The van der Waals surface area contributed by atoms with E-state index in [1.54, 1.807) is 22.1 Å². The molecule has 4 nitrogen and oxygen atoms in total. The lowest BCUT2D eigenvalue weighted by molar-refractivity contribution is 0.0945. The van der Waals surface area contributed by atoms with E-state index in [0.717, 1.165) is 17.0 Å². The molecule has 0 bridgehead atoms. The molecule has 0 aliphatic carbocycles. The summed E-state index contributed by atoms with van der Waals surface area (Å²) >= 11 is 8.05. The summed E-state index contributed by atoms with van der Waals surface area (Å²) in [5.41, 5.74) is 4.34. The number of para-hydroxylation sites is 1. The molecule has 1 N–H and O–H groups in total. The first-order valence-corrected chi connectivity index (χ1v) is 12.7.